The lowest BCUT2D eigenvalue weighted by molar-refractivity contribution is 0.328. The maximum absolute atomic E-state index is 5.57. The molecule has 1 aromatic heterocycles. The molecule has 22 heavy (non-hydrogen) atoms. The number of thiazole rings is 1. The minimum atomic E-state index is 0.643. The third-order valence-electron chi connectivity index (χ3n) is 3.33. The van der Waals surface area contributed by atoms with Crippen LogP contribution in [0.3, 0.4) is 0 Å². The average Bonchev–Trinajstić information content (AvgIpc) is 2.98. The second-order valence-electron chi connectivity index (χ2n) is 5.15. The second kappa shape index (κ2) is 8.63. The topological polar surface area (TPSA) is 42.2 Å². The lowest BCUT2D eigenvalue weighted by atomic mass is 10.1. The minimum absolute atomic E-state index is 0.643. The van der Waals surface area contributed by atoms with Crippen LogP contribution in [-0.4, -0.2) is 29.5 Å². The van der Waals surface area contributed by atoms with Gasteiger partial charge in [0.2, 0.25) is 0 Å². The summed E-state index contributed by atoms with van der Waals surface area (Å²) in [6, 6.07) is 8.61. The molecular weight excluding hydrogens is 290 g/mol. The predicted octanol–water partition coefficient (Wildman–Crippen LogP) is 3.49. The third-order valence-corrected chi connectivity index (χ3v) is 4.27. The summed E-state index contributed by atoms with van der Waals surface area (Å²) in [5.74, 6) is 0. The van der Waals surface area contributed by atoms with E-state index in [1.807, 2.05) is 12.2 Å². The third kappa shape index (κ3) is 4.63. The van der Waals surface area contributed by atoms with Crippen molar-refractivity contribution >= 4 is 11.3 Å². The van der Waals surface area contributed by atoms with Crippen LogP contribution in [0.4, 0.5) is 0 Å². The number of nitrogens with two attached hydrogens (primary N) is 1. The summed E-state index contributed by atoms with van der Waals surface area (Å²) in [6.07, 6.45) is 4.69. The largest absolute Gasteiger partial charge is 0.330 e. The molecule has 1 heterocycles. The Morgan fingerprint density at radius 1 is 1.14 bits per heavy atom. The summed E-state index contributed by atoms with van der Waals surface area (Å²) in [7, 11) is 0. The zero-order chi connectivity index (χ0) is 15.8. The predicted molar refractivity (Wildman–Crippen MR) is 96.0 cm³/mol. The van der Waals surface area contributed by atoms with Crippen LogP contribution >= 0.6 is 11.3 Å². The van der Waals surface area contributed by atoms with Gasteiger partial charge in [0.15, 0.2) is 0 Å². The van der Waals surface area contributed by atoms with Crippen LogP contribution in [0, 0.1) is 0 Å². The molecule has 0 aliphatic carbocycles. The Bertz CT molecular complexity index is 591. The number of hydrogen-bond donors (Lipinski definition) is 1. The SMILES string of the molecule is C=CCN(CC=C)Cc1ccc(-c2nc(CCN)cs2)cc1. The normalized spacial score (nSPS) is 10.8. The Morgan fingerprint density at radius 3 is 2.41 bits per heavy atom. The van der Waals surface area contributed by atoms with E-state index < -0.39 is 0 Å². The van der Waals surface area contributed by atoms with Gasteiger partial charge in [-0.25, -0.2) is 4.98 Å². The molecule has 0 fully saturated rings. The molecule has 2 aromatic rings. The zero-order valence-corrected chi connectivity index (χ0v) is 13.7. The Morgan fingerprint density at radius 2 is 1.82 bits per heavy atom. The van der Waals surface area contributed by atoms with Crippen molar-refractivity contribution in [3.63, 3.8) is 0 Å². The van der Waals surface area contributed by atoms with Crippen LogP contribution in [0.2, 0.25) is 0 Å². The Kier molecular flexibility index (Phi) is 6.52. The van der Waals surface area contributed by atoms with Gasteiger partial charge in [0.1, 0.15) is 5.01 Å². The van der Waals surface area contributed by atoms with Crippen LogP contribution in [-0.2, 0) is 13.0 Å². The van der Waals surface area contributed by atoms with Crippen molar-refractivity contribution in [2.24, 2.45) is 5.73 Å². The van der Waals surface area contributed by atoms with Gasteiger partial charge < -0.3 is 5.73 Å². The standard InChI is InChI=1S/C18H23N3S/c1-3-11-21(12-4-2)13-15-5-7-16(8-6-15)18-20-17(9-10-19)14-22-18/h3-8,14H,1-2,9-13,19H2. The van der Waals surface area contributed by atoms with E-state index in [1.54, 1.807) is 11.3 Å². The van der Waals surface area contributed by atoms with Crippen molar-refractivity contribution in [2.75, 3.05) is 19.6 Å². The van der Waals surface area contributed by atoms with Crippen LogP contribution < -0.4 is 5.73 Å². The molecular formula is C18H23N3S. The fourth-order valence-electron chi connectivity index (χ4n) is 2.28. The summed E-state index contributed by atoms with van der Waals surface area (Å²) in [5, 5.41) is 3.15. The van der Waals surface area contributed by atoms with Crippen LogP contribution in [0.25, 0.3) is 10.6 Å². The van der Waals surface area contributed by atoms with Crippen molar-refractivity contribution in [1.29, 1.82) is 0 Å². The highest BCUT2D eigenvalue weighted by molar-refractivity contribution is 7.13. The molecule has 0 saturated heterocycles. The van der Waals surface area contributed by atoms with E-state index in [0.29, 0.717) is 6.54 Å². The molecule has 1 aromatic carbocycles. The molecule has 0 spiro atoms. The average molecular weight is 313 g/mol. The maximum Gasteiger partial charge on any atom is 0.123 e. The lowest BCUT2D eigenvalue weighted by Gasteiger charge is -2.18. The quantitative estimate of drug-likeness (QED) is 0.721. The first-order chi connectivity index (χ1) is 10.8. The first-order valence-corrected chi connectivity index (χ1v) is 8.32. The Balaban J connectivity index is 2.05. The molecule has 4 heteroatoms. The summed E-state index contributed by atoms with van der Waals surface area (Å²) >= 11 is 1.67. The van der Waals surface area contributed by atoms with Crippen LogP contribution in [0.5, 0.6) is 0 Å². The number of aromatic nitrogens is 1. The molecule has 0 saturated carbocycles. The van der Waals surface area contributed by atoms with Crippen molar-refractivity contribution in [1.82, 2.24) is 9.88 Å². The van der Waals surface area contributed by atoms with Gasteiger partial charge in [-0.1, -0.05) is 36.4 Å². The molecule has 0 aliphatic heterocycles. The van der Waals surface area contributed by atoms with Crippen LogP contribution in [0.15, 0.2) is 55.0 Å². The van der Waals surface area contributed by atoms with Gasteiger partial charge in [0.25, 0.3) is 0 Å². The van der Waals surface area contributed by atoms with Gasteiger partial charge in [-0.05, 0) is 12.1 Å². The van der Waals surface area contributed by atoms with E-state index in [-0.39, 0.29) is 0 Å². The second-order valence-corrected chi connectivity index (χ2v) is 6.01. The highest BCUT2D eigenvalue weighted by Crippen LogP contribution is 2.24. The van der Waals surface area contributed by atoms with Gasteiger partial charge in [-0.2, -0.15) is 0 Å². The summed E-state index contributed by atoms with van der Waals surface area (Å²) in [4.78, 5) is 6.91. The number of rotatable bonds is 9. The Hall–Kier alpha value is -1.75. The van der Waals surface area contributed by atoms with Gasteiger partial charge in [0.05, 0.1) is 5.69 Å². The molecule has 0 unspecified atom stereocenters. The molecule has 0 atom stereocenters. The van der Waals surface area contributed by atoms with Crippen molar-refractivity contribution in [3.8, 4) is 10.6 Å². The Labute approximate surface area is 136 Å². The van der Waals surface area contributed by atoms with E-state index in [1.165, 1.54) is 5.56 Å². The highest BCUT2D eigenvalue weighted by Gasteiger charge is 2.06. The monoisotopic (exact) mass is 313 g/mol. The first-order valence-electron chi connectivity index (χ1n) is 7.44. The molecule has 0 bridgehead atoms. The van der Waals surface area contributed by atoms with Crippen molar-refractivity contribution in [3.05, 3.63) is 66.2 Å². The molecule has 2 N–H and O–H groups in total. The van der Waals surface area contributed by atoms with E-state index in [9.17, 15) is 0 Å². The van der Waals surface area contributed by atoms with Gasteiger partial charge in [-0.3, -0.25) is 4.90 Å². The van der Waals surface area contributed by atoms with Gasteiger partial charge in [0, 0.05) is 37.0 Å². The molecule has 2 rings (SSSR count). The molecule has 0 aliphatic rings. The molecule has 3 nitrogen and oxygen atoms in total. The highest BCUT2D eigenvalue weighted by atomic mass is 32.1. The summed E-state index contributed by atoms with van der Waals surface area (Å²) in [5.41, 5.74) is 9.09. The van der Waals surface area contributed by atoms with E-state index in [0.717, 1.165) is 42.3 Å². The van der Waals surface area contributed by atoms with E-state index in [2.05, 4.69) is 52.7 Å². The zero-order valence-electron chi connectivity index (χ0n) is 12.9. The molecule has 116 valence electrons. The fraction of sp³-hybridized carbons (Fsp3) is 0.278. The fourth-order valence-corrected chi connectivity index (χ4v) is 3.14. The van der Waals surface area contributed by atoms with Crippen LogP contribution in [0.1, 0.15) is 11.3 Å². The number of benzene rings is 1. The molecule has 0 amide bonds. The smallest absolute Gasteiger partial charge is 0.123 e. The van der Waals surface area contributed by atoms with E-state index in [4.69, 9.17) is 5.73 Å². The van der Waals surface area contributed by atoms with Gasteiger partial charge >= 0.3 is 0 Å². The maximum atomic E-state index is 5.57. The number of nitrogens with zero attached hydrogens (tertiary/aromatic N) is 2. The van der Waals surface area contributed by atoms with E-state index >= 15 is 0 Å². The minimum Gasteiger partial charge on any atom is -0.330 e. The number of hydrogen-bond acceptors (Lipinski definition) is 4. The van der Waals surface area contributed by atoms with Gasteiger partial charge in [-0.15, -0.1) is 24.5 Å². The molecule has 0 radical (unpaired) electrons. The lowest BCUT2D eigenvalue weighted by Crippen LogP contribution is -2.23. The summed E-state index contributed by atoms with van der Waals surface area (Å²) < 4.78 is 0. The summed E-state index contributed by atoms with van der Waals surface area (Å²) in [6.45, 7) is 10.9. The van der Waals surface area contributed by atoms with Crippen molar-refractivity contribution in [2.45, 2.75) is 13.0 Å². The van der Waals surface area contributed by atoms with Crippen molar-refractivity contribution < 1.29 is 0 Å². The first kappa shape index (κ1) is 16.6.